The summed E-state index contributed by atoms with van der Waals surface area (Å²) in [6.07, 6.45) is 0.894. The summed E-state index contributed by atoms with van der Waals surface area (Å²) in [5.74, 6) is -0.686. The summed E-state index contributed by atoms with van der Waals surface area (Å²) in [7, 11) is 1.97. The fourth-order valence-corrected chi connectivity index (χ4v) is 3.95. The summed E-state index contributed by atoms with van der Waals surface area (Å²) in [6.45, 7) is 2.56. The zero-order chi connectivity index (χ0) is 15.0. The molecule has 1 amide bonds. The number of hydrogen-bond donors (Lipinski definition) is 1. The number of rotatable bonds is 3. The molecule has 1 atom stereocenters. The highest BCUT2D eigenvalue weighted by Gasteiger charge is 2.47. The normalized spacial score (nSPS) is 27.7. The number of hydrogen-bond acceptors (Lipinski definition) is 5. The van der Waals surface area contributed by atoms with Gasteiger partial charge in [-0.15, -0.1) is 0 Å². The average molecular weight is 309 g/mol. The van der Waals surface area contributed by atoms with Crippen molar-refractivity contribution in [3.63, 3.8) is 0 Å². The number of aliphatic carboxylic acids is 1. The molecule has 0 aromatic carbocycles. The molecule has 114 valence electrons. The molecule has 0 aliphatic carbocycles. The Kier molecular flexibility index (Phi) is 3.73. The maximum atomic E-state index is 12.3. The van der Waals surface area contributed by atoms with Crippen molar-refractivity contribution in [3.05, 3.63) is 16.8 Å². The van der Waals surface area contributed by atoms with Crippen molar-refractivity contribution in [2.45, 2.75) is 12.0 Å². The lowest BCUT2D eigenvalue weighted by Crippen LogP contribution is -2.64. The number of carboxylic acids is 1. The largest absolute Gasteiger partial charge is 0.480 e. The molecule has 1 N–H and O–H groups in total. The summed E-state index contributed by atoms with van der Waals surface area (Å²) in [5.41, 5.74) is 0.819. The number of anilines is 1. The minimum atomic E-state index is -0.795. The van der Waals surface area contributed by atoms with Crippen LogP contribution >= 0.6 is 11.3 Å². The van der Waals surface area contributed by atoms with Gasteiger partial charge in [0.25, 0.3) is 0 Å². The Balaban J connectivity index is 1.79. The van der Waals surface area contributed by atoms with Gasteiger partial charge in [-0.05, 0) is 24.9 Å². The second kappa shape index (κ2) is 5.40. The van der Waals surface area contributed by atoms with E-state index >= 15 is 0 Å². The number of likely N-dealkylation sites (tertiary alicyclic amines) is 1. The van der Waals surface area contributed by atoms with Crippen LogP contribution in [0.15, 0.2) is 16.8 Å². The maximum Gasteiger partial charge on any atom is 0.317 e. The molecular formula is C14H19N3O3S. The summed E-state index contributed by atoms with van der Waals surface area (Å²) < 4.78 is 0. The molecule has 0 saturated carbocycles. The molecule has 1 unspecified atom stereocenters. The first-order chi connectivity index (χ1) is 10.00. The number of thiophene rings is 1. The highest BCUT2D eigenvalue weighted by Crippen LogP contribution is 2.33. The van der Waals surface area contributed by atoms with Crippen LogP contribution in [-0.4, -0.2) is 72.1 Å². The van der Waals surface area contributed by atoms with E-state index in [9.17, 15) is 9.59 Å². The van der Waals surface area contributed by atoms with Crippen LogP contribution in [0.25, 0.3) is 0 Å². The van der Waals surface area contributed by atoms with Gasteiger partial charge in [-0.25, -0.2) is 0 Å². The molecular weight excluding hydrogens is 290 g/mol. The van der Waals surface area contributed by atoms with Crippen molar-refractivity contribution >= 4 is 28.9 Å². The number of carbonyl (C=O) groups is 2. The summed E-state index contributed by atoms with van der Waals surface area (Å²) in [4.78, 5) is 29.1. The van der Waals surface area contributed by atoms with Gasteiger partial charge < -0.3 is 10.0 Å². The van der Waals surface area contributed by atoms with E-state index in [0.29, 0.717) is 19.6 Å². The molecule has 0 radical (unpaired) electrons. The Morgan fingerprint density at radius 3 is 2.95 bits per heavy atom. The van der Waals surface area contributed by atoms with Gasteiger partial charge in [0.15, 0.2) is 0 Å². The van der Waals surface area contributed by atoms with E-state index in [4.69, 9.17) is 5.11 Å². The fourth-order valence-electron chi connectivity index (χ4n) is 3.31. The van der Waals surface area contributed by atoms with Crippen LogP contribution in [0.4, 0.5) is 5.69 Å². The Morgan fingerprint density at radius 2 is 2.29 bits per heavy atom. The van der Waals surface area contributed by atoms with Gasteiger partial charge >= 0.3 is 5.97 Å². The fraction of sp³-hybridized carbons (Fsp3) is 0.571. The second-order valence-electron chi connectivity index (χ2n) is 5.90. The van der Waals surface area contributed by atoms with Gasteiger partial charge in [0.1, 0.15) is 0 Å². The molecule has 1 spiro atoms. The Bertz CT molecular complexity index is 548. The van der Waals surface area contributed by atoms with Crippen molar-refractivity contribution < 1.29 is 14.7 Å². The molecule has 2 saturated heterocycles. The lowest BCUT2D eigenvalue weighted by Gasteiger charge is -2.46. The number of piperazine rings is 1. The molecule has 0 bridgehead atoms. The third-order valence-electron chi connectivity index (χ3n) is 4.52. The molecule has 2 aliphatic rings. The van der Waals surface area contributed by atoms with Crippen molar-refractivity contribution in [2.24, 2.45) is 0 Å². The van der Waals surface area contributed by atoms with Gasteiger partial charge in [0.05, 0.1) is 24.3 Å². The molecule has 1 aromatic heterocycles. The SMILES string of the molecule is CN1CC(=O)N(c2ccsc2)CC12CCN(CC(=O)O)C2. The number of carbonyl (C=O) groups excluding carboxylic acids is 1. The molecule has 7 heteroatoms. The standard InChI is InChI=1S/C14H19N3O3S/c1-15-6-12(18)17(11-2-5-21-8-11)10-14(15)3-4-16(9-14)7-13(19)20/h2,5,8H,3-4,6-7,9-10H2,1H3,(H,19,20). The third-order valence-corrected chi connectivity index (χ3v) is 5.19. The Labute approximate surface area is 127 Å². The van der Waals surface area contributed by atoms with Gasteiger partial charge in [-0.1, -0.05) is 0 Å². The minimum Gasteiger partial charge on any atom is -0.480 e. The zero-order valence-corrected chi connectivity index (χ0v) is 12.8. The predicted molar refractivity (Wildman–Crippen MR) is 80.7 cm³/mol. The van der Waals surface area contributed by atoms with Crippen molar-refractivity contribution in [1.29, 1.82) is 0 Å². The molecule has 2 fully saturated rings. The summed E-state index contributed by atoms with van der Waals surface area (Å²) in [5, 5.41) is 12.9. The van der Waals surface area contributed by atoms with E-state index in [2.05, 4.69) is 4.90 Å². The third kappa shape index (κ3) is 2.68. The van der Waals surface area contributed by atoms with Crippen LogP contribution < -0.4 is 4.90 Å². The van der Waals surface area contributed by atoms with Gasteiger partial charge in [0, 0.05) is 25.0 Å². The van der Waals surface area contributed by atoms with Gasteiger partial charge in [-0.2, -0.15) is 11.3 Å². The quantitative estimate of drug-likeness (QED) is 0.884. The first-order valence-electron chi connectivity index (χ1n) is 6.98. The molecule has 3 heterocycles. The van der Waals surface area contributed by atoms with Gasteiger partial charge in [0.2, 0.25) is 5.91 Å². The molecule has 1 aromatic rings. The predicted octanol–water partition coefficient (Wildman–Crippen LogP) is 0.556. The van der Waals surface area contributed by atoms with Crippen LogP contribution in [0.2, 0.25) is 0 Å². The second-order valence-corrected chi connectivity index (χ2v) is 6.68. The smallest absolute Gasteiger partial charge is 0.317 e. The number of likely N-dealkylation sites (N-methyl/N-ethyl adjacent to an activating group) is 1. The van der Waals surface area contributed by atoms with E-state index in [1.54, 1.807) is 11.3 Å². The van der Waals surface area contributed by atoms with Crippen LogP contribution in [0.3, 0.4) is 0 Å². The van der Waals surface area contributed by atoms with E-state index in [0.717, 1.165) is 18.7 Å². The average Bonchev–Trinajstić information content (AvgIpc) is 3.04. The monoisotopic (exact) mass is 309 g/mol. The summed E-state index contributed by atoms with van der Waals surface area (Å²) in [6, 6.07) is 1.96. The van der Waals surface area contributed by atoms with Crippen LogP contribution in [0.5, 0.6) is 0 Å². The van der Waals surface area contributed by atoms with E-state index in [1.165, 1.54) is 0 Å². The number of amides is 1. The molecule has 21 heavy (non-hydrogen) atoms. The first-order valence-corrected chi connectivity index (χ1v) is 7.92. The highest BCUT2D eigenvalue weighted by molar-refractivity contribution is 7.08. The van der Waals surface area contributed by atoms with Gasteiger partial charge in [-0.3, -0.25) is 19.4 Å². The number of carboxylic acid groups (broad SMARTS) is 1. The minimum absolute atomic E-state index is 0.0714. The maximum absolute atomic E-state index is 12.3. The lowest BCUT2D eigenvalue weighted by molar-refractivity contribution is -0.138. The topological polar surface area (TPSA) is 64.1 Å². The first kappa shape index (κ1) is 14.5. The highest BCUT2D eigenvalue weighted by atomic mass is 32.1. The molecule has 2 aliphatic heterocycles. The molecule has 6 nitrogen and oxygen atoms in total. The van der Waals surface area contributed by atoms with Crippen molar-refractivity contribution in [1.82, 2.24) is 9.80 Å². The van der Waals surface area contributed by atoms with Crippen LogP contribution in [0, 0.1) is 0 Å². The van der Waals surface area contributed by atoms with E-state index in [-0.39, 0.29) is 18.0 Å². The van der Waals surface area contributed by atoms with Crippen LogP contribution in [0.1, 0.15) is 6.42 Å². The lowest BCUT2D eigenvalue weighted by atomic mass is 9.93. The zero-order valence-electron chi connectivity index (χ0n) is 12.0. The summed E-state index contributed by atoms with van der Waals surface area (Å²) >= 11 is 1.58. The van der Waals surface area contributed by atoms with E-state index in [1.807, 2.05) is 33.7 Å². The van der Waals surface area contributed by atoms with E-state index < -0.39 is 5.97 Å². The number of nitrogens with zero attached hydrogens (tertiary/aromatic N) is 3. The van der Waals surface area contributed by atoms with Crippen molar-refractivity contribution in [3.8, 4) is 0 Å². The Morgan fingerprint density at radius 1 is 1.48 bits per heavy atom. The van der Waals surface area contributed by atoms with Crippen LogP contribution in [-0.2, 0) is 9.59 Å². The molecule has 3 rings (SSSR count). The Hall–Kier alpha value is -1.44. The van der Waals surface area contributed by atoms with Crippen molar-refractivity contribution in [2.75, 3.05) is 44.7 Å².